The average Bonchev–Trinajstić information content (AvgIpc) is 2.83. The molecular formula is C14H16BrNO6S. The number of esters is 1. The van der Waals surface area contributed by atoms with Gasteiger partial charge in [0.15, 0.2) is 16.4 Å². The van der Waals surface area contributed by atoms with Gasteiger partial charge >= 0.3 is 5.97 Å². The smallest absolute Gasteiger partial charge is 0.338 e. The van der Waals surface area contributed by atoms with E-state index in [0.29, 0.717) is 16.6 Å². The number of nitrogens with one attached hydrogen (secondary N) is 1. The molecule has 1 aromatic carbocycles. The Morgan fingerprint density at radius 2 is 2.13 bits per heavy atom. The first-order valence-corrected chi connectivity index (χ1v) is 9.42. The summed E-state index contributed by atoms with van der Waals surface area (Å²) in [6.07, 6.45) is 0.382. The van der Waals surface area contributed by atoms with Crippen LogP contribution < -0.4 is 10.1 Å². The van der Waals surface area contributed by atoms with Gasteiger partial charge in [-0.05, 0) is 40.5 Å². The number of carbonyl (C=O) groups is 2. The highest BCUT2D eigenvalue weighted by molar-refractivity contribution is 9.10. The molecule has 1 atom stereocenters. The van der Waals surface area contributed by atoms with Crippen LogP contribution in [0.4, 0.5) is 0 Å². The third kappa shape index (κ3) is 4.93. The van der Waals surface area contributed by atoms with Crippen LogP contribution in [0, 0.1) is 0 Å². The molecule has 1 aliphatic heterocycles. The Bertz CT molecular complexity index is 718. The summed E-state index contributed by atoms with van der Waals surface area (Å²) in [5.41, 5.74) is 0.272. The van der Waals surface area contributed by atoms with Gasteiger partial charge in [0.2, 0.25) is 0 Å². The molecule has 1 saturated heterocycles. The van der Waals surface area contributed by atoms with Crippen molar-refractivity contribution in [3.8, 4) is 5.75 Å². The molecule has 0 bridgehead atoms. The van der Waals surface area contributed by atoms with Crippen molar-refractivity contribution in [1.29, 1.82) is 0 Å². The van der Waals surface area contributed by atoms with Crippen LogP contribution in [-0.2, 0) is 19.4 Å². The van der Waals surface area contributed by atoms with Gasteiger partial charge in [-0.3, -0.25) is 4.79 Å². The SMILES string of the molecule is COc1ccc(C(=O)OCC(=O)NC2CCS(=O)(=O)C2)cc1Br. The highest BCUT2D eigenvalue weighted by Crippen LogP contribution is 2.25. The lowest BCUT2D eigenvalue weighted by Gasteiger charge is -2.11. The molecule has 1 heterocycles. The predicted octanol–water partition coefficient (Wildman–Crippen LogP) is 0.918. The Morgan fingerprint density at radius 1 is 1.39 bits per heavy atom. The summed E-state index contributed by atoms with van der Waals surface area (Å²) < 4.78 is 33.2. The molecule has 2 rings (SSSR count). The Kier molecular flexibility index (Phi) is 5.64. The fourth-order valence-electron chi connectivity index (χ4n) is 2.19. The standard InChI is InChI=1S/C14H16BrNO6S/c1-21-12-3-2-9(6-11(12)15)14(18)22-7-13(17)16-10-4-5-23(19,20)8-10/h2-3,6,10H,4-5,7-8H2,1H3,(H,16,17). The minimum absolute atomic E-state index is 0.0671. The number of benzene rings is 1. The van der Waals surface area contributed by atoms with Crippen molar-refractivity contribution in [2.24, 2.45) is 0 Å². The summed E-state index contributed by atoms with van der Waals surface area (Å²) in [4.78, 5) is 23.6. The summed E-state index contributed by atoms with van der Waals surface area (Å²) in [7, 11) is -1.56. The summed E-state index contributed by atoms with van der Waals surface area (Å²) in [6.45, 7) is -0.459. The second-order valence-corrected chi connectivity index (χ2v) is 8.18. The number of halogens is 1. The van der Waals surface area contributed by atoms with Crippen molar-refractivity contribution in [3.63, 3.8) is 0 Å². The van der Waals surface area contributed by atoms with E-state index in [4.69, 9.17) is 9.47 Å². The molecule has 1 N–H and O–H groups in total. The molecule has 0 aromatic heterocycles. The van der Waals surface area contributed by atoms with E-state index in [1.165, 1.54) is 19.2 Å². The quantitative estimate of drug-likeness (QED) is 0.731. The van der Waals surface area contributed by atoms with Gasteiger partial charge in [0.05, 0.1) is 28.7 Å². The van der Waals surface area contributed by atoms with E-state index in [2.05, 4.69) is 21.2 Å². The lowest BCUT2D eigenvalue weighted by atomic mass is 10.2. The molecule has 9 heteroatoms. The molecule has 1 aliphatic rings. The number of amides is 1. The maximum absolute atomic E-state index is 11.9. The van der Waals surface area contributed by atoms with E-state index in [9.17, 15) is 18.0 Å². The first-order valence-electron chi connectivity index (χ1n) is 6.81. The third-order valence-corrected chi connectivity index (χ3v) is 5.71. The molecule has 7 nitrogen and oxygen atoms in total. The zero-order valence-corrected chi connectivity index (χ0v) is 14.8. The molecule has 0 saturated carbocycles. The highest BCUT2D eigenvalue weighted by Gasteiger charge is 2.29. The van der Waals surface area contributed by atoms with Crippen LogP contribution in [0.3, 0.4) is 0 Å². The first kappa shape index (κ1) is 17.7. The summed E-state index contributed by atoms with van der Waals surface area (Å²) in [5.74, 6) is -0.604. The van der Waals surface area contributed by atoms with Gasteiger partial charge in [-0.15, -0.1) is 0 Å². The highest BCUT2D eigenvalue weighted by atomic mass is 79.9. The third-order valence-electron chi connectivity index (χ3n) is 3.32. The topological polar surface area (TPSA) is 98.8 Å². The minimum Gasteiger partial charge on any atom is -0.496 e. The van der Waals surface area contributed by atoms with Crippen LogP contribution in [0.5, 0.6) is 5.75 Å². The van der Waals surface area contributed by atoms with Crippen molar-refractivity contribution in [2.75, 3.05) is 25.2 Å². The number of rotatable bonds is 5. The minimum atomic E-state index is -3.07. The second-order valence-electron chi connectivity index (χ2n) is 5.09. The van der Waals surface area contributed by atoms with Gasteiger partial charge in [-0.25, -0.2) is 13.2 Å². The summed E-state index contributed by atoms with van der Waals surface area (Å²) in [6, 6.07) is 4.24. The number of sulfone groups is 1. The van der Waals surface area contributed by atoms with Crippen LogP contribution in [0.25, 0.3) is 0 Å². The van der Waals surface area contributed by atoms with Crippen molar-refractivity contribution in [2.45, 2.75) is 12.5 Å². The molecular weight excluding hydrogens is 390 g/mol. The molecule has 0 spiro atoms. The molecule has 126 valence electrons. The fraction of sp³-hybridized carbons (Fsp3) is 0.429. The number of carbonyl (C=O) groups excluding carboxylic acids is 2. The predicted molar refractivity (Wildman–Crippen MR) is 86.2 cm³/mol. The zero-order chi connectivity index (χ0) is 17.0. The monoisotopic (exact) mass is 405 g/mol. The van der Waals surface area contributed by atoms with Gasteiger partial charge in [-0.1, -0.05) is 0 Å². The van der Waals surface area contributed by atoms with Crippen molar-refractivity contribution in [3.05, 3.63) is 28.2 Å². The van der Waals surface area contributed by atoms with Crippen LogP contribution in [0.15, 0.2) is 22.7 Å². The Hall–Kier alpha value is -1.61. The van der Waals surface area contributed by atoms with Gasteiger partial charge < -0.3 is 14.8 Å². The average molecular weight is 406 g/mol. The maximum Gasteiger partial charge on any atom is 0.338 e. The van der Waals surface area contributed by atoms with Crippen LogP contribution in [-0.4, -0.2) is 51.6 Å². The van der Waals surface area contributed by atoms with E-state index in [1.54, 1.807) is 6.07 Å². The number of hydrogen-bond acceptors (Lipinski definition) is 6. The van der Waals surface area contributed by atoms with Crippen LogP contribution in [0.1, 0.15) is 16.8 Å². The molecule has 1 fully saturated rings. The summed E-state index contributed by atoms with van der Waals surface area (Å²) >= 11 is 3.26. The van der Waals surface area contributed by atoms with E-state index >= 15 is 0 Å². The molecule has 0 aliphatic carbocycles. The Labute approximate surface area is 142 Å². The molecule has 1 amide bonds. The largest absolute Gasteiger partial charge is 0.496 e. The van der Waals surface area contributed by atoms with Gasteiger partial charge in [0.1, 0.15) is 5.75 Å². The van der Waals surface area contributed by atoms with Gasteiger partial charge in [0, 0.05) is 6.04 Å². The maximum atomic E-state index is 11.9. The van der Waals surface area contributed by atoms with E-state index in [-0.39, 0.29) is 17.1 Å². The van der Waals surface area contributed by atoms with Crippen molar-refractivity contribution < 1.29 is 27.5 Å². The van der Waals surface area contributed by atoms with Gasteiger partial charge in [0.25, 0.3) is 5.91 Å². The Morgan fingerprint density at radius 3 is 2.70 bits per heavy atom. The van der Waals surface area contributed by atoms with Gasteiger partial charge in [-0.2, -0.15) is 0 Å². The van der Waals surface area contributed by atoms with Crippen LogP contribution >= 0.6 is 15.9 Å². The molecule has 1 aromatic rings. The lowest BCUT2D eigenvalue weighted by molar-refractivity contribution is -0.124. The van der Waals surface area contributed by atoms with E-state index in [0.717, 1.165) is 0 Å². The van der Waals surface area contributed by atoms with Crippen molar-refractivity contribution >= 4 is 37.6 Å². The van der Waals surface area contributed by atoms with E-state index < -0.39 is 34.4 Å². The van der Waals surface area contributed by atoms with Crippen molar-refractivity contribution in [1.82, 2.24) is 5.32 Å². The summed E-state index contributed by atoms with van der Waals surface area (Å²) in [5, 5.41) is 2.55. The number of ether oxygens (including phenoxy) is 2. The fourth-order valence-corrected chi connectivity index (χ4v) is 4.40. The Balaban J connectivity index is 1.84. The second kappa shape index (κ2) is 7.31. The molecule has 23 heavy (non-hydrogen) atoms. The first-order chi connectivity index (χ1) is 10.8. The number of hydrogen-bond donors (Lipinski definition) is 1. The van der Waals surface area contributed by atoms with E-state index in [1.807, 2.05) is 0 Å². The zero-order valence-electron chi connectivity index (χ0n) is 12.4. The normalized spacial score (nSPS) is 19.1. The number of methoxy groups -OCH3 is 1. The lowest BCUT2D eigenvalue weighted by Crippen LogP contribution is -2.38. The van der Waals surface area contributed by atoms with Crippen LogP contribution in [0.2, 0.25) is 0 Å². The molecule has 0 radical (unpaired) electrons. The molecule has 1 unspecified atom stereocenters.